The van der Waals surface area contributed by atoms with Crippen molar-refractivity contribution >= 4 is 0 Å². The first-order chi connectivity index (χ1) is 19.8. The molecule has 2 fully saturated rings. The van der Waals surface area contributed by atoms with Gasteiger partial charge in [-0.25, -0.2) is 4.39 Å². The Labute approximate surface area is 237 Å². The third-order valence-corrected chi connectivity index (χ3v) is 7.93. The number of halogens is 7. The highest BCUT2D eigenvalue weighted by Gasteiger charge is 2.57. The van der Waals surface area contributed by atoms with Crippen molar-refractivity contribution in [3.8, 4) is 5.75 Å². The maximum atomic E-state index is 13.8. The van der Waals surface area contributed by atoms with E-state index in [9.17, 15) is 30.7 Å². The Kier molecular flexibility index (Phi) is 8.03. The molecule has 5 nitrogen and oxygen atoms in total. The Morgan fingerprint density at radius 2 is 1.50 bits per heavy atom. The SMILES string of the molecule is COc1ccc(C(F)(F)F)cc1[C@@]1(OC)COCC2(C1)OC[C@H](c1ccc(F)cc1)N2Cc1ccc(C(F)(F)F)cc1. The summed E-state index contributed by atoms with van der Waals surface area (Å²) in [6.07, 6.45) is -9.13. The second kappa shape index (κ2) is 11.1. The van der Waals surface area contributed by atoms with Gasteiger partial charge in [-0.1, -0.05) is 24.3 Å². The minimum atomic E-state index is -4.63. The van der Waals surface area contributed by atoms with Gasteiger partial charge in [-0.05, 0) is 53.6 Å². The minimum absolute atomic E-state index is 0.00227. The average molecular weight is 600 g/mol. The summed E-state index contributed by atoms with van der Waals surface area (Å²) in [6.45, 7) is 0.0948. The highest BCUT2D eigenvalue weighted by atomic mass is 19.4. The predicted octanol–water partition coefficient (Wildman–Crippen LogP) is 7.10. The molecule has 0 bridgehead atoms. The van der Waals surface area contributed by atoms with E-state index >= 15 is 0 Å². The summed E-state index contributed by atoms with van der Waals surface area (Å²) in [7, 11) is 2.69. The molecular formula is C30H28F7NO4. The Morgan fingerprint density at radius 1 is 0.857 bits per heavy atom. The van der Waals surface area contributed by atoms with Gasteiger partial charge in [0.25, 0.3) is 0 Å². The molecule has 0 amide bonds. The lowest BCUT2D eigenvalue weighted by molar-refractivity contribution is -0.239. The predicted molar refractivity (Wildman–Crippen MR) is 137 cm³/mol. The number of rotatable bonds is 6. The second-order valence-corrected chi connectivity index (χ2v) is 10.4. The normalized spacial score (nSPS) is 25.2. The monoisotopic (exact) mass is 599 g/mol. The Balaban J connectivity index is 1.57. The van der Waals surface area contributed by atoms with E-state index in [0.29, 0.717) is 11.1 Å². The fraction of sp³-hybridized carbons (Fsp3) is 0.400. The number of hydrogen-bond donors (Lipinski definition) is 0. The first-order valence-corrected chi connectivity index (χ1v) is 13.0. The Morgan fingerprint density at radius 3 is 2.10 bits per heavy atom. The molecule has 1 unspecified atom stereocenters. The van der Waals surface area contributed by atoms with Crippen LogP contribution in [0.25, 0.3) is 0 Å². The van der Waals surface area contributed by atoms with Crippen LogP contribution in [0.15, 0.2) is 66.7 Å². The quantitative estimate of drug-likeness (QED) is 0.283. The molecular weight excluding hydrogens is 571 g/mol. The van der Waals surface area contributed by atoms with Crippen LogP contribution in [0.1, 0.15) is 40.3 Å². The lowest BCUT2D eigenvalue weighted by Crippen LogP contribution is -2.58. The van der Waals surface area contributed by atoms with Crippen LogP contribution in [0.5, 0.6) is 5.75 Å². The highest BCUT2D eigenvalue weighted by molar-refractivity contribution is 5.43. The number of alkyl halides is 6. The van der Waals surface area contributed by atoms with Crippen molar-refractivity contribution < 1.29 is 49.7 Å². The third kappa shape index (κ3) is 5.72. The molecule has 5 rings (SSSR count). The van der Waals surface area contributed by atoms with Crippen molar-refractivity contribution in [1.29, 1.82) is 0 Å². The molecule has 2 saturated heterocycles. The zero-order valence-electron chi connectivity index (χ0n) is 22.7. The Hall–Kier alpha value is -3.19. The van der Waals surface area contributed by atoms with Gasteiger partial charge in [0, 0.05) is 25.6 Å². The van der Waals surface area contributed by atoms with Crippen LogP contribution in [0.4, 0.5) is 30.7 Å². The van der Waals surface area contributed by atoms with Crippen molar-refractivity contribution in [2.24, 2.45) is 0 Å². The van der Waals surface area contributed by atoms with E-state index in [2.05, 4.69) is 0 Å². The van der Waals surface area contributed by atoms with Crippen LogP contribution in [-0.2, 0) is 38.7 Å². The van der Waals surface area contributed by atoms with Gasteiger partial charge in [0.15, 0.2) is 0 Å². The van der Waals surface area contributed by atoms with Crippen LogP contribution in [0.3, 0.4) is 0 Å². The first kappa shape index (κ1) is 30.3. The number of nitrogens with zero attached hydrogens (tertiary/aromatic N) is 1. The van der Waals surface area contributed by atoms with E-state index in [0.717, 1.165) is 24.3 Å². The summed E-state index contributed by atoms with van der Waals surface area (Å²) < 4.78 is 118. The van der Waals surface area contributed by atoms with Crippen LogP contribution in [0.2, 0.25) is 0 Å². The number of ether oxygens (including phenoxy) is 4. The zero-order valence-corrected chi connectivity index (χ0v) is 22.7. The molecule has 3 aromatic rings. The molecule has 0 aromatic heterocycles. The molecule has 2 heterocycles. The van der Waals surface area contributed by atoms with E-state index in [4.69, 9.17) is 18.9 Å². The van der Waals surface area contributed by atoms with Gasteiger partial charge in [0.2, 0.25) is 0 Å². The van der Waals surface area contributed by atoms with E-state index in [1.54, 1.807) is 12.1 Å². The van der Waals surface area contributed by atoms with Crippen molar-refractivity contribution in [3.05, 3.63) is 100 Å². The van der Waals surface area contributed by atoms with Crippen molar-refractivity contribution in [2.75, 3.05) is 34.0 Å². The van der Waals surface area contributed by atoms with Crippen LogP contribution in [0, 0.1) is 5.82 Å². The summed E-state index contributed by atoms with van der Waals surface area (Å²) in [5.41, 5.74) is -3.08. The highest BCUT2D eigenvalue weighted by Crippen LogP contribution is 2.51. The number of methoxy groups -OCH3 is 2. The second-order valence-electron chi connectivity index (χ2n) is 10.4. The molecule has 3 atom stereocenters. The Bertz CT molecular complexity index is 1390. The van der Waals surface area contributed by atoms with Crippen molar-refractivity contribution in [2.45, 2.75) is 42.7 Å². The van der Waals surface area contributed by atoms with E-state index in [1.165, 1.54) is 44.6 Å². The minimum Gasteiger partial charge on any atom is -0.496 e. The standard InChI is InChI=1S/C30H28F7NO4/c1-39-26-12-9-22(30(35,36)37)13-24(26)27(40-2)16-28(18-41-17-27)38(14-19-3-7-21(8-4-19)29(32,33)34)25(15-42-28)20-5-10-23(31)11-6-20/h3-13,25H,14-18H2,1-2H3/t25-,27+,28?/m1/s1. The van der Waals surface area contributed by atoms with Crippen LogP contribution < -0.4 is 4.74 Å². The molecule has 0 saturated carbocycles. The average Bonchev–Trinajstić information content (AvgIpc) is 3.28. The van der Waals surface area contributed by atoms with Gasteiger partial charge in [-0.2, -0.15) is 26.3 Å². The van der Waals surface area contributed by atoms with E-state index in [-0.39, 0.29) is 44.1 Å². The van der Waals surface area contributed by atoms with Gasteiger partial charge >= 0.3 is 12.4 Å². The molecule has 226 valence electrons. The van der Waals surface area contributed by atoms with E-state index in [1.807, 2.05) is 4.90 Å². The lowest BCUT2D eigenvalue weighted by atomic mass is 9.82. The van der Waals surface area contributed by atoms with E-state index < -0.39 is 46.7 Å². The molecule has 2 aliphatic heterocycles. The maximum Gasteiger partial charge on any atom is 0.416 e. The third-order valence-electron chi connectivity index (χ3n) is 7.93. The number of benzene rings is 3. The topological polar surface area (TPSA) is 40.2 Å². The molecule has 2 aliphatic rings. The smallest absolute Gasteiger partial charge is 0.416 e. The lowest BCUT2D eigenvalue weighted by Gasteiger charge is -2.49. The van der Waals surface area contributed by atoms with Gasteiger partial charge in [-0.3, -0.25) is 4.90 Å². The summed E-state index contributed by atoms with van der Waals surface area (Å²) in [5.74, 6) is -0.286. The van der Waals surface area contributed by atoms with Crippen molar-refractivity contribution in [1.82, 2.24) is 4.90 Å². The molecule has 0 N–H and O–H groups in total. The molecule has 12 heteroatoms. The van der Waals surface area contributed by atoms with Crippen LogP contribution in [-0.4, -0.2) is 44.7 Å². The largest absolute Gasteiger partial charge is 0.496 e. The van der Waals surface area contributed by atoms with Gasteiger partial charge < -0.3 is 18.9 Å². The summed E-state index contributed by atoms with van der Waals surface area (Å²) in [6, 6.07) is 13.1. The maximum absolute atomic E-state index is 13.8. The van der Waals surface area contributed by atoms with Gasteiger partial charge in [0.05, 0.1) is 44.1 Å². The van der Waals surface area contributed by atoms with Crippen LogP contribution >= 0.6 is 0 Å². The molecule has 42 heavy (non-hydrogen) atoms. The fourth-order valence-corrected chi connectivity index (χ4v) is 5.76. The molecule has 1 spiro atoms. The first-order valence-electron chi connectivity index (χ1n) is 13.0. The van der Waals surface area contributed by atoms with Crippen molar-refractivity contribution in [3.63, 3.8) is 0 Å². The summed E-state index contributed by atoms with van der Waals surface area (Å²) in [5, 5.41) is 0. The van der Waals surface area contributed by atoms with Gasteiger partial charge in [-0.15, -0.1) is 0 Å². The zero-order chi connectivity index (χ0) is 30.3. The fourth-order valence-electron chi connectivity index (χ4n) is 5.76. The molecule has 0 radical (unpaired) electrons. The summed E-state index contributed by atoms with van der Waals surface area (Å²) >= 11 is 0. The molecule has 3 aromatic carbocycles. The number of hydrogen-bond acceptors (Lipinski definition) is 5. The summed E-state index contributed by atoms with van der Waals surface area (Å²) in [4.78, 5) is 1.88. The molecule has 0 aliphatic carbocycles. The van der Waals surface area contributed by atoms with Gasteiger partial charge in [0.1, 0.15) is 22.9 Å².